The standard InChI is InChI=1S/C21H33N/c1-17(2)8-6-9-18(3)10-7-15-21(5,16-22)20-13-11-19(4)12-14-20/h8,10-11,20H,6-7,9,12-15H2,1-5H3/b18-10+/t20-,21-/m1/s1. The summed E-state index contributed by atoms with van der Waals surface area (Å²) in [5, 5.41) is 9.67. The molecule has 0 heterocycles. The predicted octanol–water partition coefficient (Wildman–Crippen LogP) is 6.74. The molecule has 0 spiro atoms. The van der Waals surface area contributed by atoms with Crippen molar-refractivity contribution in [1.29, 1.82) is 5.26 Å². The average molecular weight is 300 g/mol. The Balaban J connectivity index is 2.49. The van der Waals surface area contributed by atoms with Crippen molar-refractivity contribution in [3.63, 3.8) is 0 Å². The molecule has 0 aromatic heterocycles. The van der Waals surface area contributed by atoms with Crippen LogP contribution in [-0.4, -0.2) is 0 Å². The predicted molar refractivity (Wildman–Crippen MR) is 96.5 cm³/mol. The van der Waals surface area contributed by atoms with Gasteiger partial charge in [0.2, 0.25) is 0 Å². The lowest BCUT2D eigenvalue weighted by atomic mass is 9.69. The Labute approximate surface area is 137 Å². The van der Waals surface area contributed by atoms with E-state index in [4.69, 9.17) is 0 Å². The van der Waals surface area contributed by atoms with Gasteiger partial charge in [0, 0.05) is 0 Å². The molecule has 1 nitrogen and oxygen atoms in total. The molecule has 0 aromatic carbocycles. The highest BCUT2D eigenvalue weighted by atomic mass is 14.4. The van der Waals surface area contributed by atoms with Gasteiger partial charge in [0.15, 0.2) is 0 Å². The molecule has 0 saturated heterocycles. The summed E-state index contributed by atoms with van der Waals surface area (Å²) in [4.78, 5) is 0. The maximum absolute atomic E-state index is 9.67. The molecule has 1 aliphatic carbocycles. The van der Waals surface area contributed by atoms with E-state index < -0.39 is 0 Å². The van der Waals surface area contributed by atoms with Gasteiger partial charge in [0.1, 0.15) is 0 Å². The van der Waals surface area contributed by atoms with Gasteiger partial charge in [-0.1, -0.05) is 34.9 Å². The molecule has 0 N–H and O–H groups in total. The number of hydrogen-bond donors (Lipinski definition) is 0. The summed E-state index contributed by atoms with van der Waals surface area (Å²) in [6.07, 6.45) is 14.7. The van der Waals surface area contributed by atoms with Crippen LogP contribution in [0.1, 0.15) is 79.6 Å². The summed E-state index contributed by atoms with van der Waals surface area (Å²) < 4.78 is 0. The molecule has 0 fully saturated rings. The molecule has 122 valence electrons. The molecule has 1 rings (SSSR count). The summed E-state index contributed by atoms with van der Waals surface area (Å²) >= 11 is 0. The zero-order valence-corrected chi connectivity index (χ0v) is 15.2. The Morgan fingerprint density at radius 1 is 1.32 bits per heavy atom. The van der Waals surface area contributed by atoms with E-state index in [0.29, 0.717) is 5.92 Å². The topological polar surface area (TPSA) is 23.8 Å². The normalized spacial score (nSPS) is 21.5. The second kappa shape index (κ2) is 8.99. The summed E-state index contributed by atoms with van der Waals surface area (Å²) in [7, 11) is 0. The maximum atomic E-state index is 9.67. The summed E-state index contributed by atoms with van der Waals surface area (Å²) in [6, 6.07) is 2.63. The monoisotopic (exact) mass is 299 g/mol. The van der Waals surface area contributed by atoms with Crippen LogP contribution in [0.15, 0.2) is 34.9 Å². The van der Waals surface area contributed by atoms with Gasteiger partial charge in [-0.05, 0) is 85.5 Å². The zero-order valence-electron chi connectivity index (χ0n) is 15.2. The first-order chi connectivity index (χ1) is 10.4. The molecule has 1 heteroatoms. The first kappa shape index (κ1) is 18.8. The first-order valence-electron chi connectivity index (χ1n) is 8.73. The van der Waals surface area contributed by atoms with Gasteiger partial charge in [-0.3, -0.25) is 0 Å². The van der Waals surface area contributed by atoms with Crippen LogP contribution < -0.4 is 0 Å². The van der Waals surface area contributed by atoms with E-state index in [1.807, 2.05) is 0 Å². The minimum Gasteiger partial charge on any atom is -0.198 e. The van der Waals surface area contributed by atoms with E-state index in [9.17, 15) is 5.26 Å². The van der Waals surface area contributed by atoms with Gasteiger partial charge in [-0.25, -0.2) is 0 Å². The third-order valence-electron chi connectivity index (χ3n) is 5.04. The Kier molecular flexibility index (Phi) is 7.66. The SMILES string of the molecule is CC(C)=CCC/C(C)=C/CC[C@](C)(C#N)[C@@H]1CC=C(C)CC1. The van der Waals surface area contributed by atoms with Crippen LogP contribution in [0.2, 0.25) is 0 Å². The van der Waals surface area contributed by atoms with Crippen LogP contribution in [0.3, 0.4) is 0 Å². The highest BCUT2D eigenvalue weighted by Crippen LogP contribution is 2.40. The van der Waals surface area contributed by atoms with Gasteiger partial charge in [0.25, 0.3) is 0 Å². The molecular weight excluding hydrogens is 266 g/mol. The van der Waals surface area contributed by atoms with Crippen molar-refractivity contribution in [1.82, 2.24) is 0 Å². The maximum Gasteiger partial charge on any atom is 0.0689 e. The van der Waals surface area contributed by atoms with Crippen molar-refractivity contribution in [3.05, 3.63) is 34.9 Å². The van der Waals surface area contributed by atoms with E-state index >= 15 is 0 Å². The Hall–Kier alpha value is -1.29. The highest BCUT2D eigenvalue weighted by molar-refractivity contribution is 5.11. The van der Waals surface area contributed by atoms with E-state index in [1.165, 1.54) is 29.6 Å². The Morgan fingerprint density at radius 2 is 2.05 bits per heavy atom. The lowest BCUT2D eigenvalue weighted by Crippen LogP contribution is -2.27. The molecule has 0 amide bonds. The molecule has 22 heavy (non-hydrogen) atoms. The van der Waals surface area contributed by atoms with Gasteiger partial charge in [0.05, 0.1) is 11.5 Å². The fourth-order valence-electron chi connectivity index (χ4n) is 3.20. The summed E-state index contributed by atoms with van der Waals surface area (Å²) in [5.74, 6) is 0.528. The highest BCUT2D eigenvalue weighted by Gasteiger charge is 2.33. The molecule has 2 atom stereocenters. The molecule has 0 saturated carbocycles. The van der Waals surface area contributed by atoms with Crippen LogP contribution in [-0.2, 0) is 0 Å². The number of nitriles is 1. The quantitative estimate of drug-likeness (QED) is 0.478. The Morgan fingerprint density at radius 3 is 2.59 bits per heavy atom. The zero-order chi connectivity index (χ0) is 16.6. The molecule has 1 aliphatic rings. The van der Waals surface area contributed by atoms with Crippen molar-refractivity contribution in [2.24, 2.45) is 11.3 Å². The average Bonchev–Trinajstić information content (AvgIpc) is 2.47. The van der Waals surface area contributed by atoms with Crippen molar-refractivity contribution in [3.8, 4) is 6.07 Å². The second-order valence-electron chi connectivity index (χ2n) is 7.46. The van der Waals surface area contributed by atoms with Crippen LogP contribution >= 0.6 is 0 Å². The lowest BCUT2D eigenvalue weighted by Gasteiger charge is -2.33. The minimum atomic E-state index is -0.173. The third kappa shape index (κ3) is 6.22. The fourth-order valence-corrected chi connectivity index (χ4v) is 3.20. The number of allylic oxidation sites excluding steroid dienone is 6. The van der Waals surface area contributed by atoms with Crippen molar-refractivity contribution >= 4 is 0 Å². The van der Waals surface area contributed by atoms with Gasteiger partial charge >= 0.3 is 0 Å². The van der Waals surface area contributed by atoms with Crippen LogP contribution in [0, 0.1) is 22.7 Å². The summed E-state index contributed by atoms with van der Waals surface area (Å²) in [5.41, 5.74) is 4.17. The molecule has 0 aromatic rings. The van der Waals surface area contributed by atoms with Gasteiger partial charge < -0.3 is 0 Å². The molecule has 0 aliphatic heterocycles. The lowest BCUT2D eigenvalue weighted by molar-refractivity contribution is 0.227. The van der Waals surface area contributed by atoms with Crippen LogP contribution in [0.25, 0.3) is 0 Å². The Bertz CT molecular complexity index is 483. The van der Waals surface area contributed by atoms with E-state index in [0.717, 1.165) is 32.1 Å². The second-order valence-corrected chi connectivity index (χ2v) is 7.46. The number of hydrogen-bond acceptors (Lipinski definition) is 1. The number of nitrogens with zero attached hydrogens (tertiary/aromatic N) is 1. The van der Waals surface area contributed by atoms with Crippen molar-refractivity contribution in [2.45, 2.75) is 79.6 Å². The molecule has 0 bridgehead atoms. The van der Waals surface area contributed by atoms with Crippen LogP contribution in [0.4, 0.5) is 0 Å². The molecule has 0 radical (unpaired) electrons. The third-order valence-corrected chi connectivity index (χ3v) is 5.04. The van der Waals surface area contributed by atoms with Crippen molar-refractivity contribution < 1.29 is 0 Å². The largest absolute Gasteiger partial charge is 0.198 e. The molecule has 0 unspecified atom stereocenters. The summed E-state index contributed by atoms with van der Waals surface area (Å²) in [6.45, 7) is 10.9. The fraction of sp³-hybridized carbons (Fsp3) is 0.667. The van der Waals surface area contributed by atoms with E-state index in [2.05, 4.69) is 58.9 Å². The van der Waals surface area contributed by atoms with Crippen LogP contribution in [0.5, 0.6) is 0 Å². The minimum absolute atomic E-state index is 0.173. The molecular formula is C21H33N. The smallest absolute Gasteiger partial charge is 0.0689 e. The van der Waals surface area contributed by atoms with E-state index in [1.54, 1.807) is 0 Å². The van der Waals surface area contributed by atoms with E-state index in [-0.39, 0.29) is 5.41 Å². The first-order valence-corrected chi connectivity index (χ1v) is 8.73. The van der Waals surface area contributed by atoms with Gasteiger partial charge in [-0.2, -0.15) is 5.26 Å². The van der Waals surface area contributed by atoms with Crippen molar-refractivity contribution in [2.75, 3.05) is 0 Å². The number of rotatable bonds is 7. The van der Waals surface area contributed by atoms with Gasteiger partial charge in [-0.15, -0.1) is 0 Å².